The molecule has 3 N–H and O–H groups in total. The molecule has 0 amide bonds. The summed E-state index contributed by atoms with van der Waals surface area (Å²) in [5, 5.41) is 9.42. The average molecular weight is 237 g/mol. The molecule has 0 aliphatic rings. The van der Waals surface area contributed by atoms with Crippen molar-refractivity contribution in [2.75, 3.05) is 13.2 Å². The first-order valence-corrected chi connectivity index (χ1v) is 5.96. The van der Waals surface area contributed by atoms with E-state index in [2.05, 4.69) is 33.8 Å². The molecule has 0 aliphatic heterocycles. The summed E-state index contributed by atoms with van der Waals surface area (Å²) in [6, 6.07) is 6.10. The van der Waals surface area contributed by atoms with Crippen LogP contribution in [0.25, 0.3) is 0 Å². The normalized spacial score (nSPS) is 13.5. The number of hydrogen-bond acceptors (Lipinski definition) is 3. The van der Waals surface area contributed by atoms with E-state index in [0.29, 0.717) is 0 Å². The van der Waals surface area contributed by atoms with Crippen molar-refractivity contribution < 1.29 is 9.84 Å². The number of nitrogens with two attached hydrogens (primary N) is 1. The monoisotopic (exact) mass is 237 g/mol. The molecule has 1 atom stereocenters. The molecule has 1 rings (SSSR count). The van der Waals surface area contributed by atoms with Gasteiger partial charge >= 0.3 is 0 Å². The molecule has 0 saturated carbocycles. The van der Waals surface area contributed by atoms with Crippen LogP contribution in [-0.4, -0.2) is 24.4 Å². The van der Waals surface area contributed by atoms with E-state index in [9.17, 15) is 5.11 Å². The van der Waals surface area contributed by atoms with Crippen molar-refractivity contribution >= 4 is 0 Å². The van der Waals surface area contributed by atoms with Gasteiger partial charge < -0.3 is 15.6 Å². The molecule has 0 aromatic heterocycles. The van der Waals surface area contributed by atoms with Crippen molar-refractivity contribution in [3.05, 3.63) is 29.3 Å². The van der Waals surface area contributed by atoms with E-state index in [1.807, 2.05) is 12.1 Å². The zero-order valence-electron chi connectivity index (χ0n) is 11.2. The molecular weight excluding hydrogens is 214 g/mol. The number of benzene rings is 1. The van der Waals surface area contributed by atoms with Gasteiger partial charge in [-0.3, -0.25) is 0 Å². The molecule has 1 aromatic carbocycles. The summed E-state index contributed by atoms with van der Waals surface area (Å²) >= 11 is 0. The van der Waals surface area contributed by atoms with Crippen LogP contribution in [0, 0.1) is 6.92 Å². The first kappa shape index (κ1) is 14.0. The highest BCUT2D eigenvalue weighted by atomic mass is 16.5. The van der Waals surface area contributed by atoms with Gasteiger partial charge in [0.15, 0.2) is 0 Å². The lowest BCUT2D eigenvalue weighted by atomic mass is 9.85. The lowest BCUT2D eigenvalue weighted by Gasteiger charge is -2.24. The van der Waals surface area contributed by atoms with E-state index in [1.165, 1.54) is 5.56 Å². The fraction of sp³-hybridized carbons (Fsp3) is 0.571. The smallest absolute Gasteiger partial charge is 0.123 e. The molecule has 3 heteroatoms. The van der Waals surface area contributed by atoms with Gasteiger partial charge in [-0.05, 0) is 24.0 Å². The zero-order valence-corrected chi connectivity index (χ0v) is 11.2. The van der Waals surface area contributed by atoms with Crippen LogP contribution < -0.4 is 10.5 Å². The third kappa shape index (κ3) is 4.02. The van der Waals surface area contributed by atoms with Crippen LogP contribution in [0.3, 0.4) is 0 Å². The third-order valence-electron chi connectivity index (χ3n) is 2.65. The van der Waals surface area contributed by atoms with E-state index >= 15 is 0 Å². The van der Waals surface area contributed by atoms with Gasteiger partial charge in [0.1, 0.15) is 18.5 Å². The Morgan fingerprint density at radius 2 is 2.00 bits per heavy atom. The molecule has 0 fully saturated rings. The van der Waals surface area contributed by atoms with Crippen molar-refractivity contribution in [3.63, 3.8) is 0 Å². The molecule has 1 aromatic rings. The molecule has 3 nitrogen and oxygen atoms in total. The van der Waals surface area contributed by atoms with Crippen molar-refractivity contribution in [2.45, 2.75) is 39.2 Å². The zero-order chi connectivity index (χ0) is 13.1. The van der Waals surface area contributed by atoms with Crippen molar-refractivity contribution in [1.82, 2.24) is 0 Å². The van der Waals surface area contributed by atoms with Gasteiger partial charge in [-0.2, -0.15) is 0 Å². The summed E-state index contributed by atoms with van der Waals surface area (Å²) < 4.78 is 5.64. The van der Waals surface area contributed by atoms with Gasteiger partial charge in [0.25, 0.3) is 0 Å². The minimum atomic E-state index is -0.607. The predicted octanol–water partition coefficient (Wildman–Crippen LogP) is 1.99. The van der Waals surface area contributed by atoms with Crippen LogP contribution in [0.1, 0.15) is 31.9 Å². The van der Waals surface area contributed by atoms with E-state index in [4.69, 9.17) is 10.5 Å². The number of aryl methyl sites for hydroxylation is 1. The van der Waals surface area contributed by atoms with Gasteiger partial charge in [0, 0.05) is 6.54 Å². The Bertz CT molecular complexity index is 369. The maximum Gasteiger partial charge on any atom is 0.123 e. The predicted molar refractivity (Wildman–Crippen MR) is 70.4 cm³/mol. The molecule has 96 valence electrons. The molecule has 0 aliphatic carbocycles. The standard InChI is InChI=1S/C14H23NO2/c1-10-5-6-13(17-9-11(16)8-15)12(7-10)14(2,3)4/h5-7,11,16H,8-9,15H2,1-4H3. The van der Waals surface area contributed by atoms with Gasteiger partial charge in [-0.1, -0.05) is 38.5 Å². The Kier molecular flexibility index (Phi) is 4.54. The second-order valence-corrected chi connectivity index (χ2v) is 5.45. The Labute approximate surface area is 104 Å². The van der Waals surface area contributed by atoms with E-state index in [0.717, 1.165) is 11.3 Å². The minimum absolute atomic E-state index is 0.0228. The SMILES string of the molecule is Cc1ccc(OCC(O)CN)c(C(C)(C)C)c1. The van der Waals surface area contributed by atoms with Gasteiger partial charge in [-0.25, -0.2) is 0 Å². The number of rotatable bonds is 4. The number of ether oxygens (including phenoxy) is 1. The van der Waals surface area contributed by atoms with Crippen LogP contribution in [0.4, 0.5) is 0 Å². The first-order valence-electron chi connectivity index (χ1n) is 5.96. The summed E-state index contributed by atoms with van der Waals surface area (Å²) in [4.78, 5) is 0. The fourth-order valence-electron chi connectivity index (χ4n) is 1.61. The van der Waals surface area contributed by atoms with Crippen LogP contribution >= 0.6 is 0 Å². The third-order valence-corrected chi connectivity index (χ3v) is 2.65. The van der Waals surface area contributed by atoms with Crippen LogP contribution in [0.5, 0.6) is 5.75 Å². The Balaban J connectivity index is 2.91. The fourth-order valence-corrected chi connectivity index (χ4v) is 1.61. The maximum atomic E-state index is 9.42. The molecule has 0 bridgehead atoms. The minimum Gasteiger partial charge on any atom is -0.491 e. The Morgan fingerprint density at radius 1 is 1.35 bits per heavy atom. The average Bonchev–Trinajstić information content (AvgIpc) is 2.25. The second kappa shape index (κ2) is 5.52. The molecule has 0 heterocycles. The number of hydrogen-bond donors (Lipinski definition) is 2. The summed E-state index contributed by atoms with van der Waals surface area (Å²) in [5.74, 6) is 0.829. The highest BCUT2D eigenvalue weighted by Crippen LogP contribution is 2.32. The molecule has 0 saturated heterocycles. The lowest BCUT2D eigenvalue weighted by molar-refractivity contribution is 0.113. The highest BCUT2D eigenvalue weighted by Gasteiger charge is 2.19. The maximum absolute atomic E-state index is 9.42. The lowest BCUT2D eigenvalue weighted by Crippen LogP contribution is -2.27. The first-order chi connectivity index (χ1) is 7.84. The summed E-state index contributed by atoms with van der Waals surface area (Å²) in [6.45, 7) is 8.96. The van der Waals surface area contributed by atoms with Gasteiger partial charge in [-0.15, -0.1) is 0 Å². The number of aliphatic hydroxyl groups is 1. The molecule has 17 heavy (non-hydrogen) atoms. The molecule has 0 radical (unpaired) electrons. The second-order valence-electron chi connectivity index (χ2n) is 5.45. The van der Waals surface area contributed by atoms with E-state index in [-0.39, 0.29) is 18.6 Å². The quantitative estimate of drug-likeness (QED) is 0.842. The highest BCUT2D eigenvalue weighted by molar-refractivity contribution is 5.41. The Hall–Kier alpha value is -1.06. The van der Waals surface area contributed by atoms with E-state index < -0.39 is 6.10 Å². The molecule has 1 unspecified atom stereocenters. The van der Waals surface area contributed by atoms with Gasteiger partial charge in [0.2, 0.25) is 0 Å². The van der Waals surface area contributed by atoms with Crippen molar-refractivity contribution in [3.8, 4) is 5.75 Å². The molecular formula is C14H23NO2. The van der Waals surface area contributed by atoms with Crippen LogP contribution in [-0.2, 0) is 5.41 Å². The Morgan fingerprint density at radius 3 is 2.53 bits per heavy atom. The van der Waals surface area contributed by atoms with Crippen molar-refractivity contribution in [1.29, 1.82) is 0 Å². The summed E-state index contributed by atoms with van der Waals surface area (Å²) in [6.07, 6.45) is -0.607. The number of aliphatic hydroxyl groups excluding tert-OH is 1. The van der Waals surface area contributed by atoms with Gasteiger partial charge in [0.05, 0.1) is 0 Å². The van der Waals surface area contributed by atoms with Crippen molar-refractivity contribution in [2.24, 2.45) is 5.73 Å². The van der Waals surface area contributed by atoms with Crippen LogP contribution in [0.2, 0.25) is 0 Å². The van der Waals surface area contributed by atoms with E-state index in [1.54, 1.807) is 0 Å². The molecule has 0 spiro atoms. The summed E-state index contributed by atoms with van der Waals surface area (Å²) in [7, 11) is 0. The summed E-state index contributed by atoms with van der Waals surface area (Å²) in [5.41, 5.74) is 7.74. The van der Waals surface area contributed by atoms with Crippen LogP contribution in [0.15, 0.2) is 18.2 Å². The largest absolute Gasteiger partial charge is 0.491 e. The topological polar surface area (TPSA) is 55.5 Å².